The van der Waals surface area contributed by atoms with Crippen molar-refractivity contribution in [3.05, 3.63) is 0 Å². The second kappa shape index (κ2) is 8.92. The molecule has 2 N–H and O–H groups in total. The highest BCUT2D eigenvalue weighted by atomic mass is 14.9. The summed E-state index contributed by atoms with van der Waals surface area (Å²) in [7, 11) is 0. The van der Waals surface area contributed by atoms with E-state index in [1.807, 2.05) is 0 Å². The summed E-state index contributed by atoms with van der Waals surface area (Å²) in [4.78, 5) is 0. The maximum atomic E-state index is 3.64. The lowest BCUT2D eigenvalue weighted by Crippen LogP contribution is -2.37. The first kappa shape index (κ1) is 17.9. The van der Waals surface area contributed by atoms with E-state index in [4.69, 9.17) is 0 Å². The van der Waals surface area contributed by atoms with E-state index < -0.39 is 0 Å². The molecule has 0 aliphatic rings. The summed E-state index contributed by atoms with van der Waals surface area (Å²) in [6, 6.07) is 0.609. The first-order valence-electron chi connectivity index (χ1n) is 7.72. The predicted octanol–water partition coefficient (Wildman–Crippen LogP) is 3.67. The van der Waals surface area contributed by atoms with Crippen LogP contribution in [0.2, 0.25) is 0 Å². The van der Waals surface area contributed by atoms with Crippen LogP contribution >= 0.6 is 0 Å². The number of hydrogen-bond acceptors (Lipinski definition) is 2. The topological polar surface area (TPSA) is 24.1 Å². The van der Waals surface area contributed by atoms with Gasteiger partial charge in [0.2, 0.25) is 0 Å². The molecule has 110 valence electrons. The summed E-state index contributed by atoms with van der Waals surface area (Å²) in [6.07, 6.45) is 2.45. The van der Waals surface area contributed by atoms with Crippen molar-refractivity contribution in [2.24, 2.45) is 17.3 Å². The standard InChI is InChI=1S/C16H36N2/c1-8-16(6,7)12-18-15(5)9-10-17-11-14(4)13(2)3/h13-15,17-18H,8-12H2,1-7H3. The second-order valence-corrected chi connectivity index (χ2v) is 7.01. The predicted molar refractivity (Wildman–Crippen MR) is 83.0 cm³/mol. The lowest BCUT2D eigenvalue weighted by molar-refractivity contribution is 0.306. The van der Waals surface area contributed by atoms with Gasteiger partial charge in [0.1, 0.15) is 0 Å². The van der Waals surface area contributed by atoms with Gasteiger partial charge >= 0.3 is 0 Å². The van der Waals surface area contributed by atoms with Crippen molar-refractivity contribution in [1.29, 1.82) is 0 Å². The van der Waals surface area contributed by atoms with Crippen molar-refractivity contribution in [3.63, 3.8) is 0 Å². The van der Waals surface area contributed by atoms with Crippen LogP contribution in [0.5, 0.6) is 0 Å². The molecular formula is C16H36N2. The molecule has 0 amide bonds. The molecule has 0 bridgehead atoms. The Bertz CT molecular complexity index is 199. The van der Waals surface area contributed by atoms with Crippen LogP contribution in [0.3, 0.4) is 0 Å². The Balaban J connectivity index is 3.57. The molecule has 2 heteroatoms. The van der Waals surface area contributed by atoms with E-state index in [0.29, 0.717) is 11.5 Å². The molecular weight excluding hydrogens is 220 g/mol. The van der Waals surface area contributed by atoms with Crippen molar-refractivity contribution in [3.8, 4) is 0 Å². The summed E-state index contributed by atoms with van der Waals surface area (Å²) in [6.45, 7) is 19.5. The van der Waals surface area contributed by atoms with Crippen molar-refractivity contribution in [1.82, 2.24) is 10.6 Å². The molecule has 0 aromatic carbocycles. The lowest BCUT2D eigenvalue weighted by atomic mass is 9.90. The molecule has 0 spiro atoms. The van der Waals surface area contributed by atoms with Crippen LogP contribution in [0, 0.1) is 17.3 Å². The fraction of sp³-hybridized carbons (Fsp3) is 1.00. The molecule has 0 fully saturated rings. The molecule has 2 unspecified atom stereocenters. The van der Waals surface area contributed by atoms with Crippen LogP contribution in [0.15, 0.2) is 0 Å². The third kappa shape index (κ3) is 8.93. The quantitative estimate of drug-likeness (QED) is 0.583. The molecule has 0 aromatic rings. The normalized spacial score (nSPS) is 16.0. The lowest BCUT2D eigenvalue weighted by Gasteiger charge is -2.26. The van der Waals surface area contributed by atoms with E-state index in [1.165, 1.54) is 12.8 Å². The van der Waals surface area contributed by atoms with Crippen molar-refractivity contribution in [2.75, 3.05) is 19.6 Å². The molecule has 0 aromatic heterocycles. The van der Waals surface area contributed by atoms with E-state index in [9.17, 15) is 0 Å². The number of nitrogens with one attached hydrogen (secondary N) is 2. The van der Waals surface area contributed by atoms with Gasteiger partial charge in [-0.2, -0.15) is 0 Å². The van der Waals surface area contributed by atoms with Crippen LogP contribution in [-0.2, 0) is 0 Å². The minimum Gasteiger partial charge on any atom is -0.316 e. The van der Waals surface area contributed by atoms with Crippen LogP contribution in [0.4, 0.5) is 0 Å². The Morgan fingerprint density at radius 2 is 1.67 bits per heavy atom. The largest absolute Gasteiger partial charge is 0.316 e. The van der Waals surface area contributed by atoms with Gasteiger partial charge in [-0.3, -0.25) is 0 Å². The smallest absolute Gasteiger partial charge is 0.00510 e. The van der Waals surface area contributed by atoms with Gasteiger partial charge in [-0.15, -0.1) is 0 Å². The molecule has 18 heavy (non-hydrogen) atoms. The summed E-state index contributed by atoms with van der Waals surface area (Å²) in [5, 5.41) is 7.21. The van der Waals surface area contributed by atoms with Gasteiger partial charge in [0.05, 0.1) is 0 Å². The molecule has 0 saturated carbocycles. The van der Waals surface area contributed by atoms with Crippen LogP contribution in [-0.4, -0.2) is 25.7 Å². The van der Waals surface area contributed by atoms with Crippen molar-refractivity contribution in [2.45, 2.75) is 67.3 Å². The monoisotopic (exact) mass is 256 g/mol. The molecule has 0 rings (SSSR count). The van der Waals surface area contributed by atoms with Gasteiger partial charge < -0.3 is 10.6 Å². The minimum absolute atomic E-state index is 0.424. The van der Waals surface area contributed by atoms with Gasteiger partial charge in [-0.25, -0.2) is 0 Å². The third-order valence-corrected chi connectivity index (χ3v) is 4.24. The average molecular weight is 256 g/mol. The van der Waals surface area contributed by atoms with Crippen molar-refractivity contribution < 1.29 is 0 Å². The Morgan fingerprint density at radius 1 is 1.06 bits per heavy atom. The Labute approximate surface area is 115 Å². The van der Waals surface area contributed by atoms with E-state index in [0.717, 1.165) is 31.5 Å². The van der Waals surface area contributed by atoms with Gasteiger partial charge in [0, 0.05) is 12.6 Å². The summed E-state index contributed by atoms with van der Waals surface area (Å²) >= 11 is 0. The second-order valence-electron chi connectivity index (χ2n) is 7.01. The molecule has 0 radical (unpaired) electrons. The zero-order valence-corrected chi connectivity index (χ0v) is 13.8. The highest BCUT2D eigenvalue weighted by Crippen LogP contribution is 2.18. The maximum Gasteiger partial charge on any atom is 0.00510 e. The van der Waals surface area contributed by atoms with E-state index in [-0.39, 0.29) is 0 Å². The Morgan fingerprint density at radius 3 is 2.17 bits per heavy atom. The molecule has 0 saturated heterocycles. The Kier molecular flexibility index (Phi) is 8.89. The maximum absolute atomic E-state index is 3.64. The SMILES string of the molecule is CCC(C)(C)CNC(C)CCNCC(C)C(C)C. The highest BCUT2D eigenvalue weighted by Gasteiger charge is 2.15. The van der Waals surface area contributed by atoms with Gasteiger partial charge in [-0.05, 0) is 50.1 Å². The summed E-state index contributed by atoms with van der Waals surface area (Å²) in [5.41, 5.74) is 0.424. The zero-order chi connectivity index (χ0) is 14.2. The summed E-state index contributed by atoms with van der Waals surface area (Å²) in [5.74, 6) is 1.55. The molecule has 0 heterocycles. The third-order valence-electron chi connectivity index (χ3n) is 4.24. The fourth-order valence-electron chi connectivity index (χ4n) is 1.56. The number of rotatable bonds is 10. The van der Waals surface area contributed by atoms with Gasteiger partial charge in [0.15, 0.2) is 0 Å². The van der Waals surface area contributed by atoms with E-state index in [2.05, 4.69) is 59.1 Å². The number of hydrogen-bond donors (Lipinski definition) is 2. The average Bonchev–Trinajstić information content (AvgIpc) is 2.31. The first-order chi connectivity index (χ1) is 8.28. The van der Waals surface area contributed by atoms with Crippen LogP contribution in [0.25, 0.3) is 0 Å². The molecule has 2 atom stereocenters. The Hall–Kier alpha value is -0.0800. The molecule has 0 aliphatic carbocycles. The van der Waals surface area contributed by atoms with Crippen molar-refractivity contribution >= 4 is 0 Å². The summed E-state index contributed by atoms with van der Waals surface area (Å²) < 4.78 is 0. The first-order valence-corrected chi connectivity index (χ1v) is 7.72. The zero-order valence-electron chi connectivity index (χ0n) is 13.8. The van der Waals surface area contributed by atoms with Crippen LogP contribution < -0.4 is 10.6 Å². The van der Waals surface area contributed by atoms with Crippen LogP contribution in [0.1, 0.15) is 61.3 Å². The van der Waals surface area contributed by atoms with E-state index >= 15 is 0 Å². The molecule has 0 aliphatic heterocycles. The minimum atomic E-state index is 0.424. The fourth-order valence-corrected chi connectivity index (χ4v) is 1.56. The van der Waals surface area contributed by atoms with Gasteiger partial charge in [0.25, 0.3) is 0 Å². The van der Waals surface area contributed by atoms with E-state index in [1.54, 1.807) is 0 Å². The highest BCUT2D eigenvalue weighted by molar-refractivity contribution is 4.73. The molecule has 2 nitrogen and oxygen atoms in total. The van der Waals surface area contributed by atoms with Gasteiger partial charge in [-0.1, -0.05) is 41.5 Å².